The molecule has 0 aliphatic carbocycles. The van der Waals surface area contributed by atoms with Crippen molar-refractivity contribution in [2.75, 3.05) is 6.54 Å². The highest BCUT2D eigenvalue weighted by molar-refractivity contribution is 6.19. The van der Waals surface area contributed by atoms with Crippen LogP contribution in [0.1, 0.15) is 48.0 Å². The molecule has 0 saturated carbocycles. The number of morpholine rings is 1. The van der Waals surface area contributed by atoms with Gasteiger partial charge in [-0.3, -0.25) is 15.0 Å². The van der Waals surface area contributed by atoms with E-state index in [-0.39, 0.29) is 30.2 Å². The molecule has 1 N–H and O–H groups in total. The standard InChI is InChI=1S/C16H27N3O3/c1-7-16(12(6)17-15(21)18-14(16)20)13-11(5)22-10(4)8-19(13)9(2)3/h9-11,13H,7-8H2,1-6H3,(H,18,20,21). The van der Waals surface area contributed by atoms with Crippen LogP contribution in [0.3, 0.4) is 0 Å². The van der Waals surface area contributed by atoms with E-state index in [0.717, 1.165) is 6.54 Å². The van der Waals surface area contributed by atoms with Gasteiger partial charge in [-0.1, -0.05) is 6.92 Å². The zero-order valence-electron chi connectivity index (χ0n) is 14.3. The van der Waals surface area contributed by atoms with Crippen molar-refractivity contribution in [3.05, 3.63) is 0 Å². The van der Waals surface area contributed by atoms with Crippen LogP contribution >= 0.6 is 0 Å². The van der Waals surface area contributed by atoms with Crippen molar-refractivity contribution < 1.29 is 14.3 Å². The van der Waals surface area contributed by atoms with E-state index in [1.54, 1.807) is 6.92 Å². The molecule has 2 heterocycles. The Morgan fingerprint density at radius 3 is 2.55 bits per heavy atom. The van der Waals surface area contributed by atoms with E-state index in [2.05, 4.69) is 29.1 Å². The second-order valence-electron chi connectivity index (χ2n) is 6.67. The second kappa shape index (κ2) is 6.08. The number of hydrogen-bond acceptors (Lipinski definition) is 4. The number of hydrogen-bond donors (Lipinski definition) is 1. The Hall–Kier alpha value is -1.27. The molecule has 3 amide bonds. The van der Waals surface area contributed by atoms with Gasteiger partial charge in [0.15, 0.2) is 0 Å². The van der Waals surface area contributed by atoms with Crippen molar-refractivity contribution in [1.82, 2.24) is 10.2 Å². The number of ether oxygens (including phenoxy) is 1. The highest BCUT2D eigenvalue weighted by Gasteiger charge is 2.55. The molecule has 4 atom stereocenters. The summed E-state index contributed by atoms with van der Waals surface area (Å²) in [6.45, 7) is 12.8. The van der Waals surface area contributed by atoms with E-state index in [1.807, 2.05) is 20.8 Å². The Morgan fingerprint density at radius 2 is 2.05 bits per heavy atom. The molecule has 2 aliphatic rings. The molecule has 0 aromatic carbocycles. The predicted octanol–water partition coefficient (Wildman–Crippen LogP) is 1.98. The zero-order valence-corrected chi connectivity index (χ0v) is 14.3. The van der Waals surface area contributed by atoms with Crippen LogP contribution in [0.15, 0.2) is 4.99 Å². The fourth-order valence-electron chi connectivity index (χ4n) is 4.01. The van der Waals surface area contributed by atoms with Gasteiger partial charge in [-0.2, -0.15) is 0 Å². The molecule has 22 heavy (non-hydrogen) atoms. The number of carbonyl (C=O) groups excluding carboxylic acids is 2. The summed E-state index contributed by atoms with van der Waals surface area (Å²) in [6.07, 6.45) is 0.584. The summed E-state index contributed by atoms with van der Waals surface area (Å²) >= 11 is 0. The third-order valence-electron chi connectivity index (χ3n) is 4.98. The van der Waals surface area contributed by atoms with Crippen molar-refractivity contribution in [3.63, 3.8) is 0 Å². The number of urea groups is 1. The van der Waals surface area contributed by atoms with Gasteiger partial charge in [0.1, 0.15) is 5.41 Å². The smallest absolute Gasteiger partial charge is 0.347 e. The molecule has 1 fully saturated rings. The summed E-state index contributed by atoms with van der Waals surface area (Å²) in [6, 6.07) is -0.425. The first-order valence-electron chi connectivity index (χ1n) is 8.06. The van der Waals surface area contributed by atoms with Gasteiger partial charge in [-0.05, 0) is 41.0 Å². The molecule has 4 unspecified atom stereocenters. The van der Waals surface area contributed by atoms with Crippen LogP contribution in [0.2, 0.25) is 0 Å². The van der Waals surface area contributed by atoms with E-state index >= 15 is 0 Å². The molecular formula is C16H27N3O3. The van der Waals surface area contributed by atoms with Gasteiger partial charge in [0.25, 0.3) is 0 Å². The number of imide groups is 1. The topological polar surface area (TPSA) is 71.0 Å². The maximum atomic E-state index is 12.8. The van der Waals surface area contributed by atoms with Crippen molar-refractivity contribution in [2.24, 2.45) is 10.4 Å². The third-order valence-corrected chi connectivity index (χ3v) is 4.98. The van der Waals surface area contributed by atoms with E-state index in [4.69, 9.17) is 4.74 Å². The summed E-state index contributed by atoms with van der Waals surface area (Å²) in [5.74, 6) is -0.256. The lowest BCUT2D eigenvalue weighted by Crippen LogP contribution is -2.69. The molecule has 2 rings (SSSR count). The third kappa shape index (κ3) is 2.58. The maximum Gasteiger partial charge on any atom is 0.347 e. The quantitative estimate of drug-likeness (QED) is 0.865. The van der Waals surface area contributed by atoms with Gasteiger partial charge in [0, 0.05) is 18.3 Å². The monoisotopic (exact) mass is 309 g/mol. The molecule has 2 aliphatic heterocycles. The molecule has 0 spiro atoms. The first kappa shape index (κ1) is 17.1. The number of amides is 3. The molecule has 6 nitrogen and oxygen atoms in total. The highest BCUT2D eigenvalue weighted by atomic mass is 16.5. The van der Waals surface area contributed by atoms with Gasteiger partial charge in [0.05, 0.1) is 18.2 Å². The maximum absolute atomic E-state index is 12.8. The number of aliphatic imine (C=N–C) groups is 1. The van der Waals surface area contributed by atoms with Gasteiger partial charge in [0.2, 0.25) is 5.91 Å². The van der Waals surface area contributed by atoms with Crippen molar-refractivity contribution in [1.29, 1.82) is 0 Å². The van der Waals surface area contributed by atoms with Crippen LogP contribution in [0.5, 0.6) is 0 Å². The minimum Gasteiger partial charge on any atom is -0.373 e. The molecular weight excluding hydrogens is 282 g/mol. The first-order chi connectivity index (χ1) is 10.2. The van der Waals surface area contributed by atoms with Gasteiger partial charge >= 0.3 is 6.03 Å². The summed E-state index contributed by atoms with van der Waals surface area (Å²) in [7, 11) is 0. The average Bonchev–Trinajstić information content (AvgIpc) is 2.39. The zero-order chi connectivity index (χ0) is 16.7. The SMILES string of the molecule is CCC1(C2C(C)OC(C)CN2C(C)C)C(=O)NC(=O)N=C1C. The summed E-state index contributed by atoms with van der Waals surface area (Å²) in [5, 5.41) is 2.39. The van der Waals surface area contributed by atoms with E-state index in [9.17, 15) is 9.59 Å². The van der Waals surface area contributed by atoms with Crippen LogP contribution in [-0.2, 0) is 9.53 Å². The number of nitrogens with zero attached hydrogens (tertiary/aromatic N) is 2. The molecule has 0 aromatic rings. The van der Waals surface area contributed by atoms with Gasteiger partial charge in [-0.25, -0.2) is 9.79 Å². The lowest BCUT2D eigenvalue weighted by molar-refractivity contribution is -0.156. The first-order valence-corrected chi connectivity index (χ1v) is 8.06. The van der Waals surface area contributed by atoms with Crippen molar-refractivity contribution >= 4 is 17.6 Å². The minimum absolute atomic E-state index is 0.116. The second-order valence-corrected chi connectivity index (χ2v) is 6.67. The lowest BCUT2D eigenvalue weighted by atomic mass is 9.69. The minimum atomic E-state index is -0.822. The van der Waals surface area contributed by atoms with Gasteiger partial charge < -0.3 is 4.74 Å². The lowest BCUT2D eigenvalue weighted by Gasteiger charge is -2.53. The highest BCUT2D eigenvalue weighted by Crippen LogP contribution is 2.40. The van der Waals surface area contributed by atoms with Gasteiger partial charge in [-0.15, -0.1) is 0 Å². The van der Waals surface area contributed by atoms with Crippen LogP contribution in [0.25, 0.3) is 0 Å². The number of carbonyl (C=O) groups is 2. The predicted molar refractivity (Wildman–Crippen MR) is 85.0 cm³/mol. The Labute approximate surface area is 132 Å². The fraction of sp³-hybridized carbons (Fsp3) is 0.812. The molecule has 1 saturated heterocycles. The fourth-order valence-corrected chi connectivity index (χ4v) is 4.01. The van der Waals surface area contributed by atoms with E-state index < -0.39 is 11.4 Å². The van der Waals surface area contributed by atoms with Crippen LogP contribution < -0.4 is 5.32 Å². The average molecular weight is 309 g/mol. The Kier molecular flexibility index (Phi) is 4.73. The van der Waals surface area contributed by atoms with Crippen LogP contribution in [0.4, 0.5) is 4.79 Å². The largest absolute Gasteiger partial charge is 0.373 e. The number of nitrogens with one attached hydrogen (secondary N) is 1. The van der Waals surface area contributed by atoms with Crippen molar-refractivity contribution in [3.8, 4) is 0 Å². The Balaban J connectivity index is 2.53. The normalized spacial score (nSPS) is 37.2. The van der Waals surface area contributed by atoms with Crippen LogP contribution in [-0.4, -0.2) is 53.4 Å². The molecule has 6 heteroatoms. The van der Waals surface area contributed by atoms with Crippen LogP contribution in [0, 0.1) is 5.41 Å². The number of rotatable bonds is 3. The Bertz CT molecular complexity index is 503. The molecule has 0 radical (unpaired) electrons. The summed E-state index contributed by atoms with van der Waals surface area (Å²) in [5.41, 5.74) is -0.234. The Morgan fingerprint density at radius 1 is 1.41 bits per heavy atom. The summed E-state index contributed by atoms with van der Waals surface area (Å²) in [4.78, 5) is 30.7. The van der Waals surface area contributed by atoms with E-state index in [0.29, 0.717) is 12.1 Å². The summed E-state index contributed by atoms with van der Waals surface area (Å²) < 4.78 is 6.02. The van der Waals surface area contributed by atoms with Crippen molar-refractivity contribution in [2.45, 2.75) is 72.3 Å². The molecule has 0 aromatic heterocycles. The van der Waals surface area contributed by atoms with E-state index in [1.165, 1.54) is 0 Å². The molecule has 0 bridgehead atoms. The molecule has 124 valence electrons.